The van der Waals surface area contributed by atoms with Gasteiger partial charge in [-0.25, -0.2) is 0 Å². The fourth-order valence-electron chi connectivity index (χ4n) is 0.893. The van der Waals surface area contributed by atoms with Crippen molar-refractivity contribution in [2.45, 2.75) is 6.04 Å². The summed E-state index contributed by atoms with van der Waals surface area (Å²) in [6.45, 7) is 0. The normalized spacial score (nSPS) is 12.0. The van der Waals surface area contributed by atoms with E-state index in [1.165, 1.54) is 7.05 Å². The number of azo groups is 1. The standard InChI is InChI=1S/C10H10N4O/c1-12-10(15)9(7-11)14-13-8-5-3-2-4-6-8/h2-6,9H,1H3,(H,12,15). The van der Waals surface area contributed by atoms with E-state index in [1.54, 1.807) is 30.3 Å². The Labute approximate surface area is 87.4 Å². The molecule has 0 fully saturated rings. The van der Waals surface area contributed by atoms with Crippen molar-refractivity contribution in [2.75, 3.05) is 7.05 Å². The maximum absolute atomic E-state index is 11.1. The molecule has 0 bridgehead atoms. The summed E-state index contributed by atoms with van der Waals surface area (Å²) in [6, 6.07) is 9.59. The molecule has 0 aliphatic carbocycles. The lowest BCUT2D eigenvalue weighted by Crippen LogP contribution is -2.28. The number of nitriles is 1. The summed E-state index contributed by atoms with van der Waals surface area (Å²) in [5, 5.41) is 18.4. The van der Waals surface area contributed by atoms with Crippen LogP contribution in [0.5, 0.6) is 0 Å². The molecule has 0 aliphatic rings. The number of rotatable bonds is 3. The Bertz CT molecular complexity index is 394. The number of nitrogens with one attached hydrogen (secondary N) is 1. The van der Waals surface area contributed by atoms with E-state index in [0.29, 0.717) is 5.69 Å². The van der Waals surface area contributed by atoms with Crippen LogP contribution in [0.4, 0.5) is 5.69 Å². The molecule has 0 radical (unpaired) electrons. The van der Waals surface area contributed by atoms with Crippen molar-refractivity contribution >= 4 is 11.6 Å². The van der Waals surface area contributed by atoms with Gasteiger partial charge in [0, 0.05) is 7.05 Å². The number of carbonyl (C=O) groups is 1. The van der Waals surface area contributed by atoms with Gasteiger partial charge in [-0.3, -0.25) is 4.79 Å². The molecule has 5 heteroatoms. The molecule has 0 spiro atoms. The first-order chi connectivity index (χ1) is 7.27. The summed E-state index contributed by atoms with van der Waals surface area (Å²) in [4.78, 5) is 11.1. The molecule has 1 aromatic carbocycles. The van der Waals surface area contributed by atoms with Crippen LogP contribution in [0.25, 0.3) is 0 Å². The van der Waals surface area contributed by atoms with Gasteiger partial charge in [0.1, 0.15) is 6.07 Å². The van der Waals surface area contributed by atoms with E-state index < -0.39 is 11.9 Å². The highest BCUT2D eigenvalue weighted by Gasteiger charge is 2.14. The lowest BCUT2D eigenvalue weighted by Gasteiger charge is -1.99. The number of carbonyl (C=O) groups excluding carboxylic acids is 1. The van der Waals surface area contributed by atoms with Crippen molar-refractivity contribution in [3.05, 3.63) is 30.3 Å². The van der Waals surface area contributed by atoms with E-state index in [9.17, 15) is 4.79 Å². The minimum atomic E-state index is -1.09. The third-order valence-corrected chi connectivity index (χ3v) is 1.66. The van der Waals surface area contributed by atoms with Crippen LogP contribution in [0.3, 0.4) is 0 Å². The molecule has 5 nitrogen and oxygen atoms in total. The molecule has 1 aromatic rings. The predicted molar refractivity (Wildman–Crippen MR) is 54.4 cm³/mol. The Morgan fingerprint density at radius 3 is 2.67 bits per heavy atom. The second-order valence-electron chi connectivity index (χ2n) is 2.70. The topological polar surface area (TPSA) is 77.6 Å². The quantitative estimate of drug-likeness (QED) is 0.752. The Morgan fingerprint density at radius 1 is 1.47 bits per heavy atom. The second-order valence-corrected chi connectivity index (χ2v) is 2.70. The van der Waals surface area contributed by atoms with Crippen LogP contribution in [-0.4, -0.2) is 19.0 Å². The van der Waals surface area contributed by atoms with Crippen LogP contribution in [0.15, 0.2) is 40.6 Å². The fraction of sp³-hybridized carbons (Fsp3) is 0.200. The van der Waals surface area contributed by atoms with Gasteiger partial charge < -0.3 is 5.32 Å². The van der Waals surface area contributed by atoms with Gasteiger partial charge in [0.15, 0.2) is 0 Å². The second kappa shape index (κ2) is 5.50. The first-order valence-electron chi connectivity index (χ1n) is 4.35. The number of benzene rings is 1. The highest BCUT2D eigenvalue weighted by molar-refractivity contribution is 5.84. The van der Waals surface area contributed by atoms with Gasteiger partial charge in [0.2, 0.25) is 6.04 Å². The Kier molecular flexibility index (Phi) is 3.98. The third-order valence-electron chi connectivity index (χ3n) is 1.66. The first kappa shape index (κ1) is 10.9. The first-order valence-corrected chi connectivity index (χ1v) is 4.35. The maximum atomic E-state index is 11.1. The van der Waals surface area contributed by atoms with Gasteiger partial charge in [-0.05, 0) is 12.1 Å². The number of amides is 1. The van der Waals surface area contributed by atoms with E-state index in [-0.39, 0.29) is 0 Å². The monoisotopic (exact) mass is 202 g/mol. The smallest absolute Gasteiger partial charge is 0.261 e. The molecule has 0 aliphatic heterocycles. The molecule has 15 heavy (non-hydrogen) atoms. The highest BCUT2D eigenvalue weighted by Crippen LogP contribution is 2.10. The number of nitrogens with zero attached hydrogens (tertiary/aromatic N) is 3. The van der Waals surface area contributed by atoms with Gasteiger partial charge in [0.25, 0.3) is 5.91 Å². The van der Waals surface area contributed by atoms with Crippen molar-refractivity contribution in [1.82, 2.24) is 5.32 Å². The summed E-state index contributed by atoms with van der Waals surface area (Å²) >= 11 is 0. The summed E-state index contributed by atoms with van der Waals surface area (Å²) in [6.07, 6.45) is 0. The molecule has 0 saturated heterocycles. The molecule has 1 N–H and O–H groups in total. The number of likely N-dealkylation sites (N-methyl/N-ethyl adjacent to an activating group) is 1. The Balaban J connectivity index is 2.72. The van der Waals surface area contributed by atoms with E-state index in [2.05, 4.69) is 15.5 Å². The van der Waals surface area contributed by atoms with Crippen LogP contribution in [0.1, 0.15) is 0 Å². The Morgan fingerprint density at radius 2 is 2.13 bits per heavy atom. The molecule has 1 unspecified atom stereocenters. The van der Waals surface area contributed by atoms with Crippen LogP contribution in [0.2, 0.25) is 0 Å². The van der Waals surface area contributed by atoms with Gasteiger partial charge in [-0.15, -0.1) is 0 Å². The molecule has 1 rings (SSSR count). The van der Waals surface area contributed by atoms with Crippen molar-refractivity contribution < 1.29 is 4.79 Å². The summed E-state index contributed by atoms with van der Waals surface area (Å²) in [5.41, 5.74) is 0.613. The van der Waals surface area contributed by atoms with Gasteiger partial charge in [-0.1, -0.05) is 18.2 Å². The predicted octanol–water partition coefficient (Wildman–Crippen LogP) is 1.41. The van der Waals surface area contributed by atoms with E-state index >= 15 is 0 Å². The van der Waals surface area contributed by atoms with Crippen LogP contribution < -0.4 is 5.32 Å². The van der Waals surface area contributed by atoms with Crippen LogP contribution >= 0.6 is 0 Å². The van der Waals surface area contributed by atoms with Crippen LogP contribution in [-0.2, 0) is 4.79 Å². The highest BCUT2D eigenvalue weighted by atomic mass is 16.2. The average molecular weight is 202 g/mol. The zero-order valence-corrected chi connectivity index (χ0v) is 8.21. The lowest BCUT2D eigenvalue weighted by molar-refractivity contribution is -0.120. The minimum absolute atomic E-state index is 0.461. The fourth-order valence-corrected chi connectivity index (χ4v) is 0.893. The maximum Gasteiger partial charge on any atom is 0.261 e. The summed E-state index contributed by atoms with van der Waals surface area (Å²) in [5.74, 6) is -0.461. The zero-order valence-electron chi connectivity index (χ0n) is 8.21. The zero-order chi connectivity index (χ0) is 11.1. The largest absolute Gasteiger partial charge is 0.356 e. The molecule has 0 saturated carbocycles. The van der Waals surface area contributed by atoms with Crippen molar-refractivity contribution in [3.63, 3.8) is 0 Å². The van der Waals surface area contributed by atoms with Crippen LogP contribution in [0, 0.1) is 11.3 Å². The molecule has 1 amide bonds. The third kappa shape index (κ3) is 3.19. The molecular weight excluding hydrogens is 192 g/mol. The molecule has 0 heterocycles. The molecule has 0 aromatic heterocycles. The number of hydrogen-bond donors (Lipinski definition) is 1. The van der Waals surface area contributed by atoms with E-state index in [0.717, 1.165) is 0 Å². The van der Waals surface area contributed by atoms with Crippen molar-refractivity contribution in [2.24, 2.45) is 10.2 Å². The Hall–Kier alpha value is -2.22. The average Bonchev–Trinajstić information content (AvgIpc) is 2.31. The molecular formula is C10H10N4O. The van der Waals surface area contributed by atoms with Crippen molar-refractivity contribution in [3.8, 4) is 6.07 Å². The van der Waals surface area contributed by atoms with E-state index in [4.69, 9.17) is 5.26 Å². The summed E-state index contributed by atoms with van der Waals surface area (Å²) in [7, 11) is 1.45. The van der Waals surface area contributed by atoms with E-state index in [1.807, 2.05) is 6.07 Å². The molecule has 76 valence electrons. The lowest BCUT2D eigenvalue weighted by atomic mass is 10.3. The minimum Gasteiger partial charge on any atom is -0.356 e. The number of hydrogen-bond acceptors (Lipinski definition) is 4. The van der Waals surface area contributed by atoms with Gasteiger partial charge >= 0.3 is 0 Å². The van der Waals surface area contributed by atoms with Gasteiger partial charge in [0.05, 0.1) is 5.69 Å². The summed E-state index contributed by atoms with van der Waals surface area (Å²) < 4.78 is 0. The van der Waals surface area contributed by atoms with Crippen molar-refractivity contribution in [1.29, 1.82) is 5.26 Å². The molecule has 1 atom stereocenters. The SMILES string of the molecule is CNC(=O)C(C#N)N=Nc1ccccc1. The van der Waals surface area contributed by atoms with Gasteiger partial charge in [-0.2, -0.15) is 15.5 Å².